The first-order valence-electron chi connectivity index (χ1n) is 5.28. The van der Waals surface area contributed by atoms with E-state index in [0.717, 1.165) is 27.9 Å². The van der Waals surface area contributed by atoms with Crippen LogP contribution in [0.3, 0.4) is 0 Å². The largest absolute Gasteiger partial charge is 0.461 e. The van der Waals surface area contributed by atoms with Gasteiger partial charge >= 0.3 is 0 Å². The molecule has 0 atom stereocenters. The van der Waals surface area contributed by atoms with Gasteiger partial charge in [-0.05, 0) is 31.4 Å². The Hall–Kier alpha value is -1.00. The number of furan rings is 1. The molecule has 0 saturated carbocycles. The van der Waals surface area contributed by atoms with Crippen molar-refractivity contribution in [1.82, 2.24) is 0 Å². The van der Waals surface area contributed by atoms with Gasteiger partial charge < -0.3 is 4.42 Å². The van der Waals surface area contributed by atoms with E-state index in [1.165, 1.54) is 0 Å². The molecule has 5 heteroatoms. The van der Waals surface area contributed by atoms with Gasteiger partial charge in [-0.25, -0.2) is 8.42 Å². The molecule has 0 fully saturated rings. The molecule has 0 aliphatic heterocycles. The molecule has 0 amide bonds. The van der Waals surface area contributed by atoms with Crippen molar-refractivity contribution in [2.24, 2.45) is 0 Å². The number of halogens is 1. The van der Waals surface area contributed by atoms with Crippen molar-refractivity contribution in [3.8, 4) is 0 Å². The van der Waals surface area contributed by atoms with Crippen LogP contribution in [0.2, 0.25) is 0 Å². The third kappa shape index (κ3) is 2.64. The summed E-state index contributed by atoms with van der Waals surface area (Å²) < 4.78 is 27.6. The lowest BCUT2D eigenvalue weighted by Crippen LogP contribution is -2.01. The fourth-order valence-corrected chi connectivity index (χ4v) is 2.54. The van der Waals surface area contributed by atoms with E-state index in [0.29, 0.717) is 6.42 Å². The topological polar surface area (TPSA) is 47.3 Å². The Morgan fingerprint density at radius 3 is 2.65 bits per heavy atom. The summed E-state index contributed by atoms with van der Waals surface area (Å²) in [4.78, 5) is 0. The number of fused-ring (bicyclic) bond motifs is 1. The Morgan fingerprint density at radius 1 is 1.29 bits per heavy atom. The second kappa shape index (κ2) is 4.35. The van der Waals surface area contributed by atoms with Gasteiger partial charge in [-0.2, -0.15) is 0 Å². The van der Waals surface area contributed by atoms with Crippen LogP contribution in [0.5, 0.6) is 0 Å². The lowest BCUT2D eigenvalue weighted by atomic mass is 10.1. The standard InChI is InChI=1S/C12H13ClO3S/c1-8-9(2)16-12-10(4-3-5-11(8)12)6-7-17(13,14)15/h3-5H,6-7H2,1-2H3. The van der Waals surface area contributed by atoms with E-state index in [1.54, 1.807) is 0 Å². The van der Waals surface area contributed by atoms with Crippen molar-refractivity contribution >= 4 is 30.7 Å². The zero-order valence-electron chi connectivity index (χ0n) is 9.66. The molecule has 92 valence electrons. The summed E-state index contributed by atoms with van der Waals surface area (Å²) in [5.74, 6) is 0.785. The first kappa shape index (κ1) is 12.5. The van der Waals surface area contributed by atoms with Gasteiger partial charge in [0.15, 0.2) is 0 Å². The van der Waals surface area contributed by atoms with Crippen molar-refractivity contribution in [2.75, 3.05) is 5.75 Å². The zero-order valence-corrected chi connectivity index (χ0v) is 11.2. The third-order valence-electron chi connectivity index (χ3n) is 2.90. The molecular weight excluding hydrogens is 260 g/mol. The molecule has 3 nitrogen and oxygen atoms in total. The molecule has 2 rings (SSSR count). The van der Waals surface area contributed by atoms with E-state index in [4.69, 9.17) is 15.1 Å². The summed E-state index contributed by atoms with van der Waals surface area (Å²) >= 11 is 0. The Morgan fingerprint density at radius 2 is 2.00 bits per heavy atom. The van der Waals surface area contributed by atoms with Crippen LogP contribution >= 0.6 is 10.7 Å². The van der Waals surface area contributed by atoms with Crippen LogP contribution in [0.1, 0.15) is 16.9 Å². The Labute approximate surface area is 105 Å². The van der Waals surface area contributed by atoms with Crippen LogP contribution in [-0.4, -0.2) is 14.2 Å². The van der Waals surface area contributed by atoms with Crippen LogP contribution in [0.25, 0.3) is 11.0 Å². The van der Waals surface area contributed by atoms with Gasteiger partial charge in [0.2, 0.25) is 9.05 Å². The molecular formula is C12H13ClO3S. The van der Waals surface area contributed by atoms with Crippen LogP contribution in [-0.2, 0) is 15.5 Å². The second-order valence-corrected chi connectivity index (χ2v) is 6.97. The highest BCUT2D eigenvalue weighted by Crippen LogP contribution is 2.27. The monoisotopic (exact) mass is 272 g/mol. The van der Waals surface area contributed by atoms with Crippen LogP contribution in [0.4, 0.5) is 0 Å². The quantitative estimate of drug-likeness (QED) is 0.807. The first-order chi connectivity index (χ1) is 7.88. The lowest BCUT2D eigenvalue weighted by Gasteiger charge is -2.00. The normalized spacial score (nSPS) is 12.2. The summed E-state index contributed by atoms with van der Waals surface area (Å²) in [6, 6.07) is 5.74. The highest BCUT2D eigenvalue weighted by molar-refractivity contribution is 8.13. The molecule has 0 aliphatic rings. The smallest absolute Gasteiger partial charge is 0.232 e. The molecule has 0 radical (unpaired) electrons. The summed E-state index contributed by atoms with van der Waals surface area (Å²) in [5, 5.41) is 1.03. The maximum atomic E-state index is 10.9. The summed E-state index contributed by atoms with van der Waals surface area (Å²) in [5.41, 5.74) is 2.74. The van der Waals surface area contributed by atoms with E-state index >= 15 is 0 Å². The molecule has 1 heterocycles. The van der Waals surface area contributed by atoms with E-state index in [1.807, 2.05) is 32.0 Å². The fourth-order valence-electron chi connectivity index (χ4n) is 1.85. The number of hydrogen-bond acceptors (Lipinski definition) is 3. The molecule has 0 unspecified atom stereocenters. The van der Waals surface area contributed by atoms with E-state index in [2.05, 4.69) is 0 Å². The molecule has 0 saturated heterocycles. The van der Waals surface area contributed by atoms with Gasteiger partial charge in [-0.3, -0.25) is 0 Å². The number of hydrogen-bond donors (Lipinski definition) is 0. The maximum Gasteiger partial charge on any atom is 0.232 e. The molecule has 0 spiro atoms. The Balaban J connectivity index is 2.45. The highest BCUT2D eigenvalue weighted by Gasteiger charge is 2.12. The molecule has 0 aliphatic carbocycles. The number of benzene rings is 1. The van der Waals surface area contributed by atoms with Gasteiger partial charge in [-0.15, -0.1) is 0 Å². The van der Waals surface area contributed by atoms with Gasteiger partial charge in [0.1, 0.15) is 11.3 Å². The predicted octanol–water partition coefficient (Wildman–Crippen LogP) is 3.16. The average Bonchev–Trinajstić information content (AvgIpc) is 2.52. The highest BCUT2D eigenvalue weighted by atomic mass is 35.7. The van der Waals surface area contributed by atoms with Crippen LogP contribution in [0.15, 0.2) is 22.6 Å². The van der Waals surface area contributed by atoms with Crippen molar-refractivity contribution < 1.29 is 12.8 Å². The van der Waals surface area contributed by atoms with Crippen molar-refractivity contribution in [3.05, 3.63) is 35.1 Å². The average molecular weight is 273 g/mol. The maximum absolute atomic E-state index is 10.9. The number of rotatable bonds is 3. The third-order valence-corrected chi connectivity index (χ3v) is 4.05. The van der Waals surface area contributed by atoms with E-state index < -0.39 is 9.05 Å². The molecule has 1 aromatic carbocycles. The van der Waals surface area contributed by atoms with Crippen molar-refractivity contribution in [2.45, 2.75) is 20.3 Å². The summed E-state index contributed by atoms with van der Waals surface area (Å²) in [6.07, 6.45) is 0.371. The minimum atomic E-state index is -3.46. The number of aryl methyl sites for hydroxylation is 3. The summed E-state index contributed by atoms with van der Waals surface area (Å²) in [7, 11) is 1.75. The van der Waals surface area contributed by atoms with Gasteiger partial charge in [0.25, 0.3) is 0 Å². The zero-order chi connectivity index (χ0) is 12.6. The molecule has 2 aromatic rings. The second-order valence-electron chi connectivity index (χ2n) is 4.07. The first-order valence-corrected chi connectivity index (χ1v) is 7.76. The number of para-hydroxylation sites is 1. The minimum absolute atomic E-state index is 0.0769. The van der Waals surface area contributed by atoms with E-state index in [9.17, 15) is 8.42 Å². The SMILES string of the molecule is Cc1oc2c(CCS(=O)(=O)Cl)cccc2c1C. The van der Waals surface area contributed by atoms with Crippen molar-refractivity contribution in [3.63, 3.8) is 0 Å². The molecule has 17 heavy (non-hydrogen) atoms. The van der Waals surface area contributed by atoms with Gasteiger partial charge in [0.05, 0.1) is 5.75 Å². The molecule has 1 aromatic heterocycles. The van der Waals surface area contributed by atoms with Crippen molar-refractivity contribution in [1.29, 1.82) is 0 Å². The predicted molar refractivity (Wildman–Crippen MR) is 69.0 cm³/mol. The Kier molecular flexibility index (Phi) is 3.19. The molecule has 0 bridgehead atoms. The molecule has 0 N–H and O–H groups in total. The lowest BCUT2D eigenvalue weighted by molar-refractivity contribution is 0.571. The van der Waals surface area contributed by atoms with E-state index in [-0.39, 0.29) is 5.75 Å². The van der Waals surface area contributed by atoms with Gasteiger partial charge in [0, 0.05) is 16.1 Å². The van der Waals surface area contributed by atoms with Crippen LogP contribution in [0, 0.1) is 13.8 Å². The van der Waals surface area contributed by atoms with Gasteiger partial charge in [-0.1, -0.05) is 18.2 Å². The minimum Gasteiger partial charge on any atom is -0.461 e. The fraction of sp³-hybridized carbons (Fsp3) is 0.333. The Bertz CT molecular complexity index is 656. The summed E-state index contributed by atoms with van der Waals surface area (Å²) in [6.45, 7) is 3.89. The van der Waals surface area contributed by atoms with Crippen LogP contribution < -0.4 is 0 Å².